The molecule has 0 aliphatic heterocycles. The van der Waals surface area contributed by atoms with E-state index in [9.17, 15) is 4.79 Å². The van der Waals surface area contributed by atoms with Gasteiger partial charge in [-0.2, -0.15) is 0 Å². The summed E-state index contributed by atoms with van der Waals surface area (Å²) in [6, 6.07) is 13.7. The fraction of sp³-hybridized carbons (Fsp3) is 0.435. The number of hydrogen-bond acceptors (Lipinski definition) is 3. The Balaban J connectivity index is 2.23. The maximum absolute atomic E-state index is 12.5. The third-order valence-electron chi connectivity index (χ3n) is 4.54. The van der Waals surface area contributed by atoms with Crippen molar-refractivity contribution in [3.8, 4) is 11.5 Å². The van der Waals surface area contributed by atoms with E-state index in [1.54, 1.807) is 6.07 Å². The van der Waals surface area contributed by atoms with Crippen molar-refractivity contribution < 1.29 is 14.3 Å². The second-order valence-electron chi connectivity index (χ2n) is 7.02. The molecule has 1 atom stereocenters. The zero-order valence-electron chi connectivity index (χ0n) is 17.0. The van der Waals surface area contributed by atoms with Gasteiger partial charge < -0.3 is 14.8 Å². The van der Waals surface area contributed by atoms with E-state index < -0.39 is 0 Å². The zero-order valence-corrected chi connectivity index (χ0v) is 17.0. The summed E-state index contributed by atoms with van der Waals surface area (Å²) >= 11 is 0. The molecule has 0 saturated carbocycles. The van der Waals surface area contributed by atoms with Crippen LogP contribution >= 0.6 is 0 Å². The Hall–Kier alpha value is -2.49. The number of benzene rings is 2. The van der Waals surface area contributed by atoms with Crippen LogP contribution in [-0.2, 0) is 6.61 Å². The van der Waals surface area contributed by atoms with Crippen LogP contribution in [0.4, 0.5) is 0 Å². The Morgan fingerprint density at radius 2 is 1.74 bits per heavy atom. The lowest BCUT2D eigenvalue weighted by atomic mass is 10.0. The Bertz CT molecular complexity index is 755. The average Bonchev–Trinajstić information content (AvgIpc) is 2.67. The molecule has 2 rings (SSSR count). The van der Waals surface area contributed by atoms with Gasteiger partial charge in [-0.1, -0.05) is 39.0 Å². The lowest BCUT2D eigenvalue weighted by Crippen LogP contribution is -2.32. The molecule has 1 amide bonds. The number of nitrogens with one attached hydrogen (secondary N) is 1. The number of rotatable bonds is 9. The number of para-hydroxylation sites is 1. The highest BCUT2D eigenvalue weighted by Crippen LogP contribution is 2.28. The van der Waals surface area contributed by atoms with E-state index in [1.165, 1.54) is 5.56 Å². The first kappa shape index (κ1) is 20.8. The van der Waals surface area contributed by atoms with Crippen molar-refractivity contribution in [1.29, 1.82) is 0 Å². The van der Waals surface area contributed by atoms with Crippen LogP contribution in [0.2, 0.25) is 0 Å². The van der Waals surface area contributed by atoms with Crippen LogP contribution in [0.3, 0.4) is 0 Å². The fourth-order valence-electron chi connectivity index (χ4n) is 2.78. The summed E-state index contributed by atoms with van der Waals surface area (Å²) in [5, 5.41) is 3.00. The average molecular weight is 370 g/mol. The summed E-state index contributed by atoms with van der Waals surface area (Å²) in [7, 11) is 0. The molecular formula is C23H31NO3. The summed E-state index contributed by atoms with van der Waals surface area (Å²) in [6.07, 6.45) is 0.894. The van der Waals surface area contributed by atoms with Gasteiger partial charge in [0.1, 0.15) is 18.1 Å². The van der Waals surface area contributed by atoms with Crippen LogP contribution in [0.25, 0.3) is 0 Å². The van der Waals surface area contributed by atoms with E-state index in [-0.39, 0.29) is 11.9 Å². The third kappa shape index (κ3) is 5.75. The maximum atomic E-state index is 12.5. The number of ether oxygens (including phenoxy) is 2. The van der Waals surface area contributed by atoms with Crippen LogP contribution in [0.1, 0.15) is 68.4 Å². The van der Waals surface area contributed by atoms with E-state index in [4.69, 9.17) is 9.47 Å². The van der Waals surface area contributed by atoms with Crippen LogP contribution < -0.4 is 14.8 Å². The maximum Gasteiger partial charge on any atom is 0.251 e. The van der Waals surface area contributed by atoms with Crippen LogP contribution in [-0.4, -0.2) is 18.6 Å². The van der Waals surface area contributed by atoms with Crippen LogP contribution in [0, 0.1) is 0 Å². The number of carbonyl (C=O) groups excluding carboxylic acids is 1. The summed E-state index contributed by atoms with van der Waals surface area (Å²) in [4.78, 5) is 12.5. The minimum atomic E-state index is -0.0729. The molecule has 2 aromatic carbocycles. The third-order valence-corrected chi connectivity index (χ3v) is 4.54. The van der Waals surface area contributed by atoms with E-state index >= 15 is 0 Å². The predicted molar refractivity (Wildman–Crippen MR) is 110 cm³/mol. The molecule has 0 bridgehead atoms. The molecule has 0 aliphatic carbocycles. The number of hydrogen-bond donors (Lipinski definition) is 1. The Morgan fingerprint density at radius 1 is 1.00 bits per heavy atom. The number of amides is 1. The molecule has 2 aromatic rings. The monoisotopic (exact) mass is 369 g/mol. The van der Waals surface area contributed by atoms with Crippen molar-refractivity contribution in [3.05, 3.63) is 59.2 Å². The van der Waals surface area contributed by atoms with Crippen molar-refractivity contribution in [1.82, 2.24) is 5.32 Å². The molecular weight excluding hydrogens is 338 g/mol. The Kier molecular flexibility index (Phi) is 7.71. The summed E-state index contributed by atoms with van der Waals surface area (Å²) < 4.78 is 11.8. The lowest BCUT2D eigenvalue weighted by Gasteiger charge is -2.17. The van der Waals surface area contributed by atoms with Gasteiger partial charge in [0.2, 0.25) is 0 Å². The van der Waals surface area contributed by atoms with Crippen molar-refractivity contribution in [3.63, 3.8) is 0 Å². The van der Waals surface area contributed by atoms with Gasteiger partial charge in [0.05, 0.1) is 6.61 Å². The Labute approximate surface area is 162 Å². The molecule has 27 heavy (non-hydrogen) atoms. The van der Waals surface area contributed by atoms with E-state index in [2.05, 4.69) is 32.2 Å². The van der Waals surface area contributed by atoms with E-state index in [0.717, 1.165) is 23.5 Å². The fourth-order valence-corrected chi connectivity index (χ4v) is 2.78. The molecule has 0 fully saturated rings. The van der Waals surface area contributed by atoms with Gasteiger partial charge in [0.25, 0.3) is 5.91 Å². The lowest BCUT2D eigenvalue weighted by molar-refractivity contribution is 0.0939. The predicted octanol–water partition coefficient (Wildman–Crippen LogP) is 5.32. The van der Waals surface area contributed by atoms with Gasteiger partial charge >= 0.3 is 0 Å². The van der Waals surface area contributed by atoms with Gasteiger partial charge in [-0.25, -0.2) is 0 Å². The van der Waals surface area contributed by atoms with Gasteiger partial charge in [-0.15, -0.1) is 0 Å². The second-order valence-corrected chi connectivity index (χ2v) is 7.02. The highest BCUT2D eigenvalue weighted by Gasteiger charge is 2.14. The molecule has 146 valence electrons. The largest absolute Gasteiger partial charge is 0.493 e. The molecule has 0 aromatic heterocycles. The molecule has 0 radical (unpaired) electrons. The normalized spacial score (nSPS) is 11.9. The van der Waals surface area contributed by atoms with Crippen molar-refractivity contribution in [2.45, 2.75) is 59.6 Å². The second kappa shape index (κ2) is 10.0. The summed E-state index contributed by atoms with van der Waals surface area (Å²) in [6.45, 7) is 11.2. The SMILES string of the molecule is CCOc1ccc(C(=O)N[C@H](C)CC)cc1COc1ccccc1C(C)C. The van der Waals surface area contributed by atoms with Gasteiger partial charge in [0.15, 0.2) is 0 Å². The van der Waals surface area contributed by atoms with E-state index in [0.29, 0.717) is 24.7 Å². The summed E-state index contributed by atoms with van der Waals surface area (Å²) in [5.74, 6) is 1.92. The van der Waals surface area contributed by atoms with E-state index in [1.807, 2.05) is 44.2 Å². The molecule has 4 nitrogen and oxygen atoms in total. The topological polar surface area (TPSA) is 47.6 Å². The highest BCUT2D eigenvalue weighted by molar-refractivity contribution is 5.94. The first-order chi connectivity index (χ1) is 13.0. The molecule has 0 saturated heterocycles. The molecule has 0 spiro atoms. The molecule has 0 aliphatic rings. The Morgan fingerprint density at radius 3 is 2.41 bits per heavy atom. The van der Waals surface area contributed by atoms with Crippen molar-refractivity contribution in [2.75, 3.05) is 6.61 Å². The first-order valence-corrected chi connectivity index (χ1v) is 9.74. The summed E-state index contributed by atoms with van der Waals surface area (Å²) in [5.41, 5.74) is 2.66. The van der Waals surface area contributed by atoms with Gasteiger partial charge in [0, 0.05) is 17.2 Å². The van der Waals surface area contributed by atoms with Crippen LogP contribution in [0.5, 0.6) is 11.5 Å². The quantitative estimate of drug-likeness (QED) is 0.651. The van der Waals surface area contributed by atoms with Crippen molar-refractivity contribution in [2.24, 2.45) is 0 Å². The standard InChI is InChI=1S/C23H31NO3/c1-6-17(5)24-23(25)18-12-13-21(26-7-2)19(14-18)15-27-22-11-9-8-10-20(22)16(3)4/h8-14,16-17H,6-7,15H2,1-5H3,(H,24,25)/t17-/m1/s1. The van der Waals surface area contributed by atoms with Gasteiger partial charge in [-0.05, 0) is 56.0 Å². The first-order valence-electron chi connectivity index (χ1n) is 9.74. The van der Waals surface area contributed by atoms with Crippen LogP contribution in [0.15, 0.2) is 42.5 Å². The molecule has 1 N–H and O–H groups in total. The molecule has 0 unspecified atom stereocenters. The van der Waals surface area contributed by atoms with Gasteiger partial charge in [-0.3, -0.25) is 4.79 Å². The van der Waals surface area contributed by atoms with Crippen molar-refractivity contribution >= 4 is 5.91 Å². The molecule has 4 heteroatoms. The molecule has 0 heterocycles. The smallest absolute Gasteiger partial charge is 0.251 e. The minimum absolute atomic E-state index is 0.0729. The minimum Gasteiger partial charge on any atom is -0.493 e. The highest BCUT2D eigenvalue weighted by atomic mass is 16.5. The number of carbonyl (C=O) groups is 1. The zero-order chi connectivity index (χ0) is 19.8.